The highest BCUT2D eigenvalue weighted by molar-refractivity contribution is 5.76. The van der Waals surface area contributed by atoms with Crippen LogP contribution in [0.1, 0.15) is 71.1 Å². The largest absolute Gasteiger partial charge is 0.342 e. The van der Waals surface area contributed by atoms with Crippen molar-refractivity contribution in [1.29, 1.82) is 0 Å². The molecule has 1 heterocycles. The van der Waals surface area contributed by atoms with Crippen molar-refractivity contribution in [2.24, 2.45) is 23.5 Å². The number of piperidine rings is 1. The quantitative estimate of drug-likeness (QED) is 0.780. The van der Waals surface area contributed by atoms with Gasteiger partial charge in [-0.1, -0.05) is 39.0 Å². The molecular weight excluding hydrogens is 260 g/mol. The monoisotopic (exact) mass is 294 g/mol. The normalized spacial score (nSPS) is 27.2. The first kappa shape index (κ1) is 16.8. The summed E-state index contributed by atoms with van der Waals surface area (Å²) in [6, 6.07) is 0. The molecule has 2 N–H and O–H groups in total. The van der Waals surface area contributed by atoms with Gasteiger partial charge in [0, 0.05) is 19.5 Å². The Morgan fingerprint density at radius 1 is 1.14 bits per heavy atom. The maximum atomic E-state index is 12.5. The lowest BCUT2D eigenvalue weighted by Crippen LogP contribution is -2.44. The third-order valence-electron chi connectivity index (χ3n) is 5.68. The maximum Gasteiger partial charge on any atom is 0.222 e. The summed E-state index contributed by atoms with van der Waals surface area (Å²) >= 11 is 0. The Hall–Kier alpha value is -0.570. The Morgan fingerprint density at radius 2 is 1.90 bits per heavy atom. The summed E-state index contributed by atoms with van der Waals surface area (Å²) < 4.78 is 0. The minimum atomic E-state index is 0.400. The van der Waals surface area contributed by atoms with E-state index in [4.69, 9.17) is 5.73 Å². The Bertz CT molecular complexity index is 312. The minimum Gasteiger partial charge on any atom is -0.342 e. The second-order valence-corrected chi connectivity index (χ2v) is 7.20. The first-order valence-corrected chi connectivity index (χ1v) is 9.22. The van der Waals surface area contributed by atoms with Crippen molar-refractivity contribution in [3.63, 3.8) is 0 Å². The number of hydrogen-bond donors (Lipinski definition) is 1. The number of rotatable bonds is 7. The average molecular weight is 294 g/mol. The molecule has 3 nitrogen and oxygen atoms in total. The van der Waals surface area contributed by atoms with E-state index in [-0.39, 0.29) is 0 Å². The van der Waals surface area contributed by atoms with Crippen molar-refractivity contribution in [2.75, 3.05) is 19.6 Å². The number of nitrogens with two attached hydrogens (primary N) is 1. The fraction of sp³-hybridized carbons (Fsp3) is 0.944. The summed E-state index contributed by atoms with van der Waals surface area (Å²) in [5.74, 6) is 2.76. The summed E-state index contributed by atoms with van der Waals surface area (Å²) in [4.78, 5) is 14.6. The molecule has 0 radical (unpaired) electrons. The third kappa shape index (κ3) is 4.98. The van der Waals surface area contributed by atoms with Crippen LogP contribution in [0.15, 0.2) is 0 Å². The number of fused-ring (bicyclic) bond motifs is 1. The van der Waals surface area contributed by atoms with Gasteiger partial charge in [-0.25, -0.2) is 0 Å². The number of likely N-dealkylation sites (tertiary alicyclic amines) is 1. The fourth-order valence-electron chi connectivity index (χ4n) is 4.39. The maximum absolute atomic E-state index is 12.5. The molecule has 122 valence electrons. The van der Waals surface area contributed by atoms with E-state index in [0.717, 1.165) is 50.7 Å². The fourth-order valence-corrected chi connectivity index (χ4v) is 4.39. The van der Waals surface area contributed by atoms with Crippen molar-refractivity contribution < 1.29 is 4.79 Å². The molecular formula is C18H34N2O. The van der Waals surface area contributed by atoms with Gasteiger partial charge < -0.3 is 10.6 Å². The van der Waals surface area contributed by atoms with Gasteiger partial charge in [-0.3, -0.25) is 4.79 Å². The number of carbonyl (C=O) groups excluding carboxylic acids is 1. The van der Waals surface area contributed by atoms with Crippen molar-refractivity contribution in [1.82, 2.24) is 4.90 Å². The zero-order valence-electron chi connectivity index (χ0n) is 13.9. The predicted octanol–water partition coefficient (Wildman–Crippen LogP) is 3.57. The van der Waals surface area contributed by atoms with Crippen LogP contribution in [0.4, 0.5) is 0 Å². The first-order valence-electron chi connectivity index (χ1n) is 9.22. The first-order chi connectivity index (χ1) is 10.2. The van der Waals surface area contributed by atoms with Gasteiger partial charge in [-0.2, -0.15) is 0 Å². The van der Waals surface area contributed by atoms with E-state index in [1.54, 1.807) is 0 Å². The summed E-state index contributed by atoms with van der Waals surface area (Å²) in [7, 11) is 0. The Balaban J connectivity index is 1.75. The molecule has 1 amide bonds. The summed E-state index contributed by atoms with van der Waals surface area (Å²) in [5.41, 5.74) is 5.69. The van der Waals surface area contributed by atoms with Crippen molar-refractivity contribution >= 4 is 5.91 Å². The summed E-state index contributed by atoms with van der Waals surface area (Å²) in [5, 5.41) is 0. The molecule has 2 fully saturated rings. The van der Waals surface area contributed by atoms with Gasteiger partial charge in [0.2, 0.25) is 5.91 Å². The van der Waals surface area contributed by atoms with Gasteiger partial charge >= 0.3 is 0 Å². The molecule has 0 bridgehead atoms. The summed E-state index contributed by atoms with van der Waals surface area (Å²) in [6.45, 7) is 5.03. The van der Waals surface area contributed by atoms with Gasteiger partial charge in [0.25, 0.3) is 0 Å². The topological polar surface area (TPSA) is 46.3 Å². The van der Waals surface area contributed by atoms with Crippen LogP contribution in [0.3, 0.4) is 0 Å². The van der Waals surface area contributed by atoms with Crippen LogP contribution in [-0.2, 0) is 4.79 Å². The third-order valence-corrected chi connectivity index (χ3v) is 5.68. The van der Waals surface area contributed by atoms with Crippen LogP contribution in [0.5, 0.6) is 0 Å². The Kier molecular flexibility index (Phi) is 7.01. The molecule has 0 spiro atoms. The second kappa shape index (κ2) is 8.77. The van der Waals surface area contributed by atoms with Gasteiger partial charge in [0.05, 0.1) is 0 Å². The molecule has 1 aliphatic carbocycles. The number of hydrogen-bond acceptors (Lipinski definition) is 2. The van der Waals surface area contributed by atoms with Crippen LogP contribution in [0.2, 0.25) is 0 Å². The molecule has 2 rings (SSSR count). The van der Waals surface area contributed by atoms with E-state index < -0.39 is 0 Å². The number of nitrogens with zero attached hydrogens (tertiary/aromatic N) is 1. The second-order valence-electron chi connectivity index (χ2n) is 7.20. The van der Waals surface area contributed by atoms with E-state index in [1.165, 1.54) is 44.9 Å². The van der Waals surface area contributed by atoms with Crippen LogP contribution in [0.25, 0.3) is 0 Å². The van der Waals surface area contributed by atoms with Gasteiger partial charge in [0.15, 0.2) is 0 Å². The number of amides is 1. The molecule has 1 aliphatic heterocycles. The highest BCUT2D eigenvalue weighted by atomic mass is 16.2. The van der Waals surface area contributed by atoms with Crippen molar-refractivity contribution in [3.05, 3.63) is 0 Å². The molecule has 0 aromatic heterocycles. The molecule has 0 aromatic carbocycles. The van der Waals surface area contributed by atoms with Crippen molar-refractivity contribution in [3.8, 4) is 0 Å². The molecule has 3 heteroatoms. The highest BCUT2D eigenvalue weighted by Gasteiger charge is 2.32. The molecule has 3 unspecified atom stereocenters. The molecule has 21 heavy (non-hydrogen) atoms. The smallest absolute Gasteiger partial charge is 0.222 e. The van der Waals surface area contributed by atoms with Gasteiger partial charge in [-0.15, -0.1) is 0 Å². The Morgan fingerprint density at radius 3 is 2.62 bits per heavy atom. The Labute approximate surface area is 130 Å². The lowest BCUT2D eigenvalue weighted by atomic mass is 9.75. The van der Waals surface area contributed by atoms with E-state index in [1.807, 2.05) is 0 Å². The molecule has 3 atom stereocenters. The van der Waals surface area contributed by atoms with E-state index >= 15 is 0 Å². The lowest BCUT2D eigenvalue weighted by molar-refractivity contribution is -0.134. The molecule has 1 saturated carbocycles. The van der Waals surface area contributed by atoms with Crippen LogP contribution >= 0.6 is 0 Å². The zero-order chi connectivity index (χ0) is 15.1. The van der Waals surface area contributed by atoms with E-state index in [9.17, 15) is 4.79 Å². The van der Waals surface area contributed by atoms with Crippen LogP contribution in [0, 0.1) is 17.8 Å². The minimum absolute atomic E-state index is 0.400. The van der Waals surface area contributed by atoms with Crippen LogP contribution < -0.4 is 5.73 Å². The summed E-state index contributed by atoms with van der Waals surface area (Å²) in [6.07, 6.45) is 12.1. The standard InChI is InChI=1S/C18H34N2O/c1-2-5-15(10-12-19)8-9-18(21)20-13-11-16-6-3-4-7-17(16)14-20/h15-17H,2-14,19H2,1H3. The van der Waals surface area contributed by atoms with E-state index in [0.29, 0.717) is 11.8 Å². The van der Waals surface area contributed by atoms with Crippen LogP contribution in [-0.4, -0.2) is 30.4 Å². The average Bonchev–Trinajstić information content (AvgIpc) is 2.52. The predicted molar refractivity (Wildman–Crippen MR) is 87.9 cm³/mol. The zero-order valence-corrected chi connectivity index (χ0v) is 13.9. The lowest BCUT2D eigenvalue weighted by Gasteiger charge is -2.41. The SMILES string of the molecule is CCCC(CCN)CCC(=O)N1CCC2CCCCC2C1. The van der Waals surface area contributed by atoms with Gasteiger partial charge in [0.1, 0.15) is 0 Å². The molecule has 2 aliphatic rings. The molecule has 0 aromatic rings. The van der Waals surface area contributed by atoms with E-state index in [2.05, 4.69) is 11.8 Å². The number of carbonyl (C=O) groups is 1. The molecule has 1 saturated heterocycles. The van der Waals surface area contributed by atoms with Gasteiger partial charge in [-0.05, 0) is 50.0 Å². The highest BCUT2D eigenvalue weighted by Crippen LogP contribution is 2.36. The van der Waals surface area contributed by atoms with Crippen molar-refractivity contribution in [2.45, 2.75) is 71.1 Å².